The van der Waals surface area contributed by atoms with Crippen molar-refractivity contribution in [3.05, 3.63) is 65.7 Å². The van der Waals surface area contributed by atoms with Gasteiger partial charge in [-0.1, -0.05) is 48.0 Å². The molecule has 0 aliphatic rings. The van der Waals surface area contributed by atoms with Gasteiger partial charge < -0.3 is 10.2 Å². The van der Waals surface area contributed by atoms with E-state index in [1.807, 2.05) is 82.3 Å². The molecule has 0 saturated heterocycles. The Bertz CT molecular complexity index is 782. The topological polar surface area (TPSA) is 49.4 Å². The Labute approximate surface area is 172 Å². The summed E-state index contributed by atoms with van der Waals surface area (Å²) < 4.78 is 0. The fraction of sp³-hybridized carbons (Fsp3) is 0.391. The van der Waals surface area contributed by atoms with Crippen LogP contribution in [0.3, 0.4) is 0 Å². The van der Waals surface area contributed by atoms with E-state index in [1.165, 1.54) is 17.3 Å². The fourth-order valence-corrected chi connectivity index (χ4v) is 3.50. The molecule has 0 aliphatic heterocycles. The van der Waals surface area contributed by atoms with Crippen LogP contribution >= 0.6 is 11.8 Å². The van der Waals surface area contributed by atoms with Crippen LogP contribution in [0.5, 0.6) is 0 Å². The lowest BCUT2D eigenvalue weighted by Gasteiger charge is -2.31. The Hall–Kier alpha value is -2.27. The highest BCUT2D eigenvalue weighted by molar-refractivity contribution is 8.00. The Morgan fingerprint density at radius 2 is 1.64 bits per heavy atom. The second-order valence-corrected chi connectivity index (χ2v) is 9.07. The largest absolute Gasteiger partial charge is 0.350 e. The summed E-state index contributed by atoms with van der Waals surface area (Å²) >= 11 is 1.49. The smallest absolute Gasteiger partial charge is 0.242 e. The SMILES string of the molecule is Cc1ccc(CN(C(=O)CSc2ccccc2)C(C)C(=O)NC(C)(C)C)cc1. The first-order valence-corrected chi connectivity index (χ1v) is 10.5. The molecule has 0 bridgehead atoms. The number of aryl methyl sites for hydroxylation is 1. The molecule has 4 nitrogen and oxygen atoms in total. The molecule has 2 amide bonds. The highest BCUT2D eigenvalue weighted by Gasteiger charge is 2.28. The van der Waals surface area contributed by atoms with Crippen LogP contribution in [0.2, 0.25) is 0 Å². The lowest BCUT2D eigenvalue weighted by Crippen LogP contribution is -2.52. The number of rotatable bonds is 7. The molecule has 0 saturated carbocycles. The minimum Gasteiger partial charge on any atom is -0.350 e. The first-order chi connectivity index (χ1) is 13.2. The molecular weight excluding hydrogens is 368 g/mol. The number of carbonyl (C=O) groups excluding carboxylic acids is 2. The summed E-state index contributed by atoms with van der Waals surface area (Å²) in [7, 11) is 0. The summed E-state index contributed by atoms with van der Waals surface area (Å²) in [5, 5.41) is 2.98. The van der Waals surface area contributed by atoms with Gasteiger partial charge in [0.15, 0.2) is 0 Å². The van der Waals surface area contributed by atoms with Gasteiger partial charge >= 0.3 is 0 Å². The van der Waals surface area contributed by atoms with Crippen LogP contribution < -0.4 is 5.32 Å². The quantitative estimate of drug-likeness (QED) is 0.703. The predicted molar refractivity (Wildman–Crippen MR) is 116 cm³/mol. The Morgan fingerprint density at radius 1 is 1.04 bits per heavy atom. The zero-order valence-electron chi connectivity index (χ0n) is 17.4. The number of carbonyl (C=O) groups is 2. The standard InChI is InChI=1S/C23H30N2O2S/c1-17-11-13-19(14-12-17)15-25(18(2)22(27)24-23(3,4)5)21(26)16-28-20-9-7-6-8-10-20/h6-14,18H,15-16H2,1-5H3,(H,24,27). The molecule has 2 aromatic carbocycles. The van der Waals surface area contributed by atoms with Crippen LogP contribution in [0.4, 0.5) is 0 Å². The minimum atomic E-state index is -0.551. The van der Waals surface area contributed by atoms with Gasteiger partial charge in [-0.15, -0.1) is 11.8 Å². The van der Waals surface area contributed by atoms with Crippen LogP contribution in [0.25, 0.3) is 0 Å². The molecule has 0 spiro atoms. The summed E-state index contributed by atoms with van der Waals surface area (Å²) in [6, 6.07) is 17.3. The van der Waals surface area contributed by atoms with Gasteiger partial charge in [-0.3, -0.25) is 9.59 Å². The van der Waals surface area contributed by atoms with E-state index in [-0.39, 0.29) is 17.4 Å². The molecule has 1 N–H and O–H groups in total. The van der Waals surface area contributed by atoms with E-state index in [0.717, 1.165) is 10.5 Å². The second-order valence-electron chi connectivity index (χ2n) is 8.02. The number of hydrogen-bond donors (Lipinski definition) is 1. The van der Waals surface area contributed by atoms with Gasteiger partial charge in [0.2, 0.25) is 11.8 Å². The summed E-state index contributed by atoms with van der Waals surface area (Å²) in [6.07, 6.45) is 0. The van der Waals surface area contributed by atoms with E-state index in [1.54, 1.807) is 11.8 Å². The molecule has 2 rings (SSSR count). The Morgan fingerprint density at radius 3 is 2.21 bits per heavy atom. The van der Waals surface area contributed by atoms with Crippen molar-refractivity contribution in [2.24, 2.45) is 0 Å². The molecule has 0 aliphatic carbocycles. The molecule has 150 valence electrons. The maximum absolute atomic E-state index is 13.0. The normalized spacial score (nSPS) is 12.3. The maximum Gasteiger partial charge on any atom is 0.242 e. The maximum atomic E-state index is 13.0. The summed E-state index contributed by atoms with van der Waals surface area (Å²) in [5.41, 5.74) is 1.83. The lowest BCUT2D eigenvalue weighted by atomic mass is 10.1. The third-order valence-electron chi connectivity index (χ3n) is 4.24. The Kier molecular flexibility index (Phi) is 7.69. The molecule has 2 aromatic rings. The predicted octanol–water partition coefficient (Wildman–Crippen LogP) is 4.42. The van der Waals surface area contributed by atoms with Crippen molar-refractivity contribution >= 4 is 23.6 Å². The van der Waals surface area contributed by atoms with E-state index < -0.39 is 6.04 Å². The number of amides is 2. The van der Waals surface area contributed by atoms with Crippen molar-refractivity contribution in [3.8, 4) is 0 Å². The second kappa shape index (κ2) is 9.78. The van der Waals surface area contributed by atoms with E-state index in [2.05, 4.69) is 5.32 Å². The van der Waals surface area contributed by atoms with Gasteiger partial charge in [-0.2, -0.15) is 0 Å². The highest BCUT2D eigenvalue weighted by atomic mass is 32.2. The molecule has 1 atom stereocenters. The van der Waals surface area contributed by atoms with Crippen molar-refractivity contribution < 1.29 is 9.59 Å². The number of nitrogens with one attached hydrogen (secondary N) is 1. The van der Waals surface area contributed by atoms with Crippen LogP contribution in [0, 0.1) is 6.92 Å². The number of benzene rings is 2. The van der Waals surface area contributed by atoms with Gasteiger partial charge in [-0.05, 0) is 52.3 Å². The molecule has 28 heavy (non-hydrogen) atoms. The average molecular weight is 399 g/mol. The van der Waals surface area contributed by atoms with Crippen molar-refractivity contribution in [1.82, 2.24) is 10.2 Å². The summed E-state index contributed by atoms with van der Waals surface area (Å²) in [4.78, 5) is 28.4. The van der Waals surface area contributed by atoms with Crippen molar-refractivity contribution in [3.63, 3.8) is 0 Å². The van der Waals surface area contributed by atoms with Gasteiger partial charge in [0, 0.05) is 17.0 Å². The van der Waals surface area contributed by atoms with Gasteiger partial charge in [0.25, 0.3) is 0 Å². The monoisotopic (exact) mass is 398 g/mol. The number of thioether (sulfide) groups is 1. The number of hydrogen-bond acceptors (Lipinski definition) is 3. The van der Waals surface area contributed by atoms with Gasteiger partial charge in [0.1, 0.15) is 6.04 Å². The molecule has 5 heteroatoms. The lowest BCUT2D eigenvalue weighted by molar-refractivity contribution is -0.139. The van der Waals surface area contributed by atoms with Crippen molar-refractivity contribution in [2.75, 3.05) is 5.75 Å². The third-order valence-corrected chi connectivity index (χ3v) is 5.24. The average Bonchev–Trinajstić information content (AvgIpc) is 2.64. The van der Waals surface area contributed by atoms with E-state index in [0.29, 0.717) is 12.3 Å². The molecule has 0 aromatic heterocycles. The molecule has 1 unspecified atom stereocenters. The molecular formula is C23H30N2O2S. The van der Waals surface area contributed by atoms with Crippen LogP contribution in [0.15, 0.2) is 59.5 Å². The van der Waals surface area contributed by atoms with Gasteiger partial charge in [0.05, 0.1) is 5.75 Å². The van der Waals surface area contributed by atoms with Crippen LogP contribution in [-0.2, 0) is 16.1 Å². The molecule has 0 fully saturated rings. The third kappa shape index (κ3) is 7.04. The van der Waals surface area contributed by atoms with Crippen molar-refractivity contribution in [2.45, 2.75) is 57.6 Å². The zero-order valence-corrected chi connectivity index (χ0v) is 18.2. The van der Waals surface area contributed by atoms with E-state index in [4.69, 9.17) is 0 Å². The highest BCUT2D eigenvalue weighted by Crippen LogP contribution is 2.19. The van der Waals surface area contributed by atoms with Crippen molar-refractivity contribution in [1.29, 1.82) is 0 Å². The number of nitrogens with zero attached hydrogens (tertiary/aromatic N) is 1. The van der Waals surface area contributed by atoms with Crippen LogP contribution in [0.1, 0.15) is 38.8 Å². The first-order valence-electron chi connectivity index (χ1n) is 9.50. The first kappa shape index (κ1) is 22.0. The summed E-state index contributed by atoms with van der Waals surface area (Å²) in [6.45, 7) is 10.1. The van der Waals surface area contributed by atoms with E-state index in [9.17, 15) is 9.59 Å². The van der Waals surface area contributed by atoms with E-state index >= 15 is 0 Å². The van der Waals surface area contributed by atoms with Crippen LogP contribution in [-0.4, -0.2) is 34.0 Å². The minimum absolute atomic E-state index is 0.0500. The molecule has 0 heterocycles. The zero-order chi connectivity index (χ0) is 20.7. The summed E-state index contributed by atoms with van der Waals surface area (Å²) in [5.74, 6) is 0.104. The fourth-order valence-electron chi connectivity index (χ4n) is 2.69. The Balaban J connectivity index is 2.15. The molecule has 0 radical (unpaired) electrons. The van der Waals surface area contributed by atoms with Gasteiger partial charge in [-0.25, -0.2) is 0 Å².